The van der Waals surface area contributed by atoms with E-state index >= 15 is 0 Å². The Morgan fingerprint density at radius 2 is 2.09 bits per heavy atom. The molecule has 2 rings (SSSR count). The molecular weight excluding hydrogens is 346 g/mol. The van der Waals surface area contributed by atoms with Gasteiger partial charge in [-0.3, -0.25) is 4.79 Å². The van der Waals surface area contributed by atoms with Gasteiger partial charge in [0, 0.05) is 10.7 Å². The van der Waals surface area contributed by atoms with Crippen LogP contribution in [-0.2, 0) is 0 Å². The molecule has 6 heteroatoms. The average Bonchev–Trinajstić information content (AvgIpc) is 2.97. The van der Waals surface area contributed by atoms with E-state index in [-0.39, 0.29) is 5.91 Å². The second-order valence-corrected chi connectivity index (χ2v) is 5.66. The molecule has 0 aliphatic rings. The van der Waals surface area contributed by atoms with Crippen molar-refractivity contribution in [3.63, 3.8) is 0 Å². The van der Waals surface area contributed by atoms with E-state index in [1.807, 2.05) is 31.2 Å². The molecule has 0 saturated heterocycles. The standard InChI is InChI=1S/C16H18BrN3O2/c1-3-8-22-14-6-4-12(5-7-14)11(2)19-20-16(21)15-9-13(17)10-18-15/h4-7,9-10,18H,3,8H2,1-2H3,(H,20,21)/b19-11-. The number of rotatable bonds is 6. The van der Waals surface area contributed by atoms with Crippen LogP contribution >= 0.6 is 15.9 Å². The molecule has 0 fully saturated rings. The van der Waals surface area contributed by atoms with E-state index in [1.165, 1.54) is 0 Å². The Morgan fingerprint density at radius 1 is 1.36 bits per heavy atom. The lowest BCUT2D eigenvalue weighted by molar-refractivity contribution is 0.0950. The summed E-state index contributed by atoms with van der Waals surface area (Å²) in [7, 11) is 0. The number of amides is 1. The Kier molecular flexibility index (Phi) is 5.77. The van der Waals surface area contributed by atoms with Crippen molar-refractivity contribution in [2.24, 2.45) is 5.10 Å². The summed E-state index contributed by atoms with van der Waals surface area (Å²) in [6.45, 7) is 4.61. The van der Waals surface area contributed by atoms with Crippen molar-refractivity contribution in [3.05, 3.63) is 52.3 Å². The number of hydrogen-bond donors (Lipinski definition) is 2. The van der Waals surface area contributed by atoms with Crippen LogP contribution < -0.4 is 10.2 Å². The molecular formula is C16H18BrN3O2. The SMILES string of the molecule is CCCOc1ccc(/C(C)=N\NC(=O)c2cc(Br)c[nH]2)cc1. The van der Waals surface area contributed by atoms with Gasteiger partial charge in [-0.05, 0) is 65.2 Å². The zero-order valence-corrected chi connectivity index (χ0v) is 14.1. The van der Waals surface area contributed by atoms with E-state index < -0.39 is 0 Å². The van der Waals surface area contributed by atoms with Gasteiger partial charge in [0.2, 0.25) is 0 Å². The lowest BCUT2D eigenvalue weighted by atomic mass is 10.1. The van der Waals surface area contributed by atoms with Crippen LogP contribution in [0.25, 0.3) is 0 Å². The smallest absolute Gasteiger partial charge is 0.287 e. The van der Waals surface area contributed by atoms with Gasteiger partial charge in [-0.25, -0.2) is 5.43 Å². The largest absolute Gasteiger partial charge is 0.494 e. The molecule has 0 atom stereocenters. The van der Waals surface area contributed by atoms with Gasteiger partial charge >= 0.3 is 0 Å². The fourth-order valence-electron chi connectivity index (χ4n) is 1.77. The van der Waals surface area contributed by atoms with Crippen LogP contribution in [0.15, 0.2) is 46.1 Å². The molecule has 0 unspecified atom stereocenters. The van der Waals surface area contributed by atoms with Crippen LogP contribution in [0, 0.1) is 0 Å². The summed E-state index contributed by atoms with van der Waals surface area (Å²) in [4.78, 5) is 14.7. The van der Waals surface area contributed by atoms with Crippen LogP contribution in [-0.4, -0.2) is 23.2 Å². The molecule has 1 heterocycles. The van der Waals surface area contributed by atoms with Crippen LogP contribution in [0.3, 0.4) is 0 Å². The van der Waals surface area contributed by atoms with Gasteiger partial charge in [-0.2, -0.15) is 5.10 Å². The van der Waals surface area contributed by atoms with E-state index in [0.717, 1.165) is 27.9 Å². The van der Waals surface area contributed by atoms with Crippen molar-refractivity contribution >= 4 is 27.5 Å². The lowest BCUT2D eigenvalue weighted by Crippen LogP contribution is -2.19. The number of nitrogens with one attached hydrogen (secondary N) is 2. The third-order valence-corrected chi connectivity index (χ3v) is 3.42. The highest BCUT2D eigenvalue weighted by Gasteiger charge is 2.07. The maximum absolute atomic E-state index is 11.9. The molecule has 5 nitrogen and oxygen atoms in total. The van der Waals surface area contributed by atoms with Gasteiger partial charge in [0.05, 0.1) is 12.3 Å². The second kappa shape index (κ2) is 7.79. The summed E-state index contributed by atoms with van der Waals surface area (Å²) in [5.74, 6) is 0.548. The first-order chi connectivity index (χ1) is 10.6. The number of halogens is 1. The summed E-state index contributed by atoms with van der Waals surface area (Å²) in [5, 5.41) is 4.11. The third-order valence-electron chi connectivity index (χ3n) is 2.96. The number of H-pyrrole nitrogens is 1. The van der Waals surface area contributed by atoms with Gasteiger partial charge < -0.3 is 9.72 Å². The van der Waals surface area contributed by atoms with Crippen molar-refractivity contribution < 1.29 is 9.53 Å². The number of nitrogens with zero attached hydrogens (tertiary/aromatic N) is 1. The predicted molar refractivity (Wildman–Crippen MR) is 90.4 cm³/mol. The summed E-state index contributed by atoms with van der Waals surface area (Å²) in [6, 6.07) is 9.32. The summed E-state index contributed by atoms with van der Waals surface area (Å²) in [6.07, 6.45) is 2.67. The molecule has 0 aliphatic heterocycles. The summed E-state index contributed by atoms with van der Waals surface area (Å²) < 4.78 is 6.35. The molecule has 0 saturated carbocycles. The number of aromatic amines is 1. The number of hydrogen-bond acceptors (Lipinski definition) is 3. The first-order valence-corrected chi connectivity index (χ1v) is 7.81. The molecule has 0 bridgehead atoms. The van der Waals surface area contributed by atoms with Gasteiger partial charge in [0.1, 0.15) is 11.4 Å². The van der Waals surface area contributed by atoms with E-state index in [1.54, 1.807) is 12.3 Å². The summed E-state index contributed by atoms with van der Waals surface area (Å²) >= 11 is 3.28. The van der Waals surface area contributed by atoms with E-state index in [9.17, 15) is 4.79 Å². The maximum atomic E-state index is 11.9. The minimum atomic E-state index is -0.284. The average molecular weight is 364 g/mol. The first-order valence-electron chi connectivity index (χ1n) is 7.02. The van der Waals surface area contributed by atoms with Gasteiger partial charge in [0.15, 0.2) is 0 Å². The number of ether oxygens (including phenoxy) is 1. The maximum Gasteiger partial charge on any atom is 0.287 e. The topological polar surface area (TPSA) is 66.5 Å². The Bertz CT molecular complexity index is 662. The predicted octanol–water partition coefficient (Wildman–Crippen LogP) is 3.72. The van der Waals surface area contributed by atoms with Crippen molar-refractivity contribution in [2.75, 3.05) is 6.61 Å². The molecule has 1 aromatic heterocycles. The molecule has 2 N–H and O–H groups in total. The zero-order valence-electron chi connectivity index (χ0n) is 12.5. The van der Waals surface area contributed by atoms with Gasteiger partial charge in [0.25, 0.3) is 5.91 Å². The number of carbonyl (C=O) groups is 1. The van der Waals surface area contributed by atoms with E-state index in [0.29, 0.717) is 12.3 Å². The minimum absolute atomic E-state index is 0.284. The first kappa shape index (κ1) is 16.3. The summed E-state index contributed by atoms with van der Waals surface area (Å²) in [5.41, 5.74) is 4.63. The Hall–Kier alpha value is -2.08. The van der Waals surface area contributed by atoms with Crippen LogP contribution in [0.5, 0.6) is 5.75 Å². The van der Waals surface area contributed by atoms with Crippen LogP contribution in [0.1, 0.15) is 36.3 Å². The highest BCUT2D eigenvalue weighted by atomic mass is 79.9. The molecule has 0 aliphatic carbocycles. The molecule has 1 amide bonds. The van der Waals surface area contributed by atoms with E-state index in [4.69, 9.17) is 4.74 Å². The van der Waals surface area contributed by atoms with Gasteiger partial charge in [-0.1, -0.05) is 6.92 Å². The Balaban J connectivity index is 1.98. The number of carbonyl (C=O) groups excluding carboxylic acids is 1. The third kappa shape index (κ3) is 4.46. The zero-order chi connectivity index (χ0) is 15.9. The quantitative estimate of drug-likeness (QED) is 0.606. The Labute approximate surface area is 137 Å². The van der Waals surface area contributed by atoms with Crippen molar-refractivity contribution in [1.82, 2.24) is 10.4 Å². The molecule has 0 radical (unpaired) electrons. The van der Waals surface area contributed by atoms with Crippen molar-refractivity contribution in [2.45, 2.75) is 20.3 Å². The number of hydrazone groups is 1. The molecule has 2 aromatic rings. The normalized spacial score (nSPS) is 11.3. The van der Waals surface area contributed by atoms with Crippen LogP contribution in [0.4, 0.5) is 0 Å². The van der Waals surface area contributed by atoms with Crippen molar-refractivity contribution in [1.29, 1.82) is 0 Å². The number of aromatic nitrogens is 1. The molecule has 0 spiro atoms. The Morgan fingerprint density at radius 3 is 2.68 bits per heavy atom. The highest BCUT2D eigenvalue weighted by Crippen LogP contribution is 2.13. The highest BCUT2D eigenvalue weighted by molar-refractivity contribution is 9.10. The molecule has 116 valence electrons. The fourth-order valence-corrected chi connectivity index (χ4v) is 2.11. The monoisotopic (exact) mass is 363 g/mol. The van der Waals surface area contributed by atoms with Crippen molar-refractivity contribution in [3.8, 4) is 5.75 Å². The van der Waals surface area contributed by atoms with Crippen LogP contribution in [0.2, 0.25) is 0 Å². The molecule has 22 heavy (non-hydrogen) atoms. The number of benzene rings is 1. The molecule has 1 aromatic carbocycles. The van der Waals surface area contributed by atoms with Gasteiger partial charge in [-0.15, -0.1) is 0 Å². The second-order valence-electron chi connectivity index (χ2n) is 4.74. The van der Waals surface area contributed by atoms with E-state index in [2.05, 4.69) is 38.4 Å². The lowest BCUT2D eigenvalue weighted by Gasteiger charge is -2.06. The minimum Gasteiger partial charge on any atom is -0.494 e. The fraction of sp³-hybridized carbons (Fsp3) is 0.250.